The van der Waals surface area contributed by atoms with Crippen LogP contribution < -0.4 is 5.32 Å². The number of nitrogens with one attached hydrogen (secondary N) is 1. The second-order valence-electron chi connectivity index (χ2n) is 6.06. The molecule has 1 saturated carbocycles. The summed E-state index contributed by atoms with van der Waals surface area (Å²) in [4.78, 5) is 12.0. The lowest BCUT2D eigenvalue weighted by Gasteiger charge is -2.21. The highest BCUT2D eigenvalue weighted by atomic mass is 32.2. The molecule has 3 rings (SSSR count). The molecule has 0 atom stereocenters. The van der Waals surface area contributed by atoms with Gasteiger partial charge in [-0.05, 0) is 31.9 Å². The minimum atomic E-state index is -0.0266. The molecule has 6 nitrogen and oxygen atoms in total. The van der Waals surface area contributed by atoms with E-state index in [4.69, 9.17) is 4.42 Å². The van der Waals surface area contributed by atoms with Gasteiger partial charge in [-0.2, -0.15) is 0 Å². The lowest BCUT2D eigenvalue weighted by molar-refractivity contribution is -0.118. The summed E-state index contributed by atoms with van der Waals surface area (Å²) in [7, 11) is 0. The van der Waals surface area contributed by atoms with Crippen molar-refractivity contribution in [2.45, 2.75) is 63.2 Å². The zero-order chi connectivity index (χ0) is 16.8. The molecule has 0 radical (unpaired) electrons. The summed E-state index contributed by atoms with van der Waals surface area (Å²) < 4.78 is 7.37. The van der Waals surface area contributed by atoms with E-state index >= 15 is 0 Å². The minimum Gasteiger partial charge on any atom is -0.467 e. The van der Waals surface area contributed by atoms with Gasteiger partial charge in [0.1, 0.15) is 11.6 Å². The summed E-state index contributed by atoms with van der Waals surface area (Å²) in [5, 5.41) is 12.4. The summed E-state index contributed by atoms with van der Waals surface area (Å²) in [5.74, 6) is 2.68. The Morgan fingerprint density at radius 3 is 2.92 bits per heavy atom. The smallest absolute Gasteiger partial charge is 0.230 e. The Bertz CT molecular complexity index is 648. The van der Waals surface area contributed by atoms with Crippen LogP contribution in [0, 0.1) is 0 Å². The fraction of sp³-hybridized carbons (Fsp3) is 0.588. The summed E-state index contributed by atoms with van der Waals surface area (Å²) in [6.07, 6.45) is 7.89. The number of thioether (sulfide) groups is 1. The maximum Gasteiger partial charge on any atom is 0.230 e. The van der Waals surface area contributed by atoms with Crippen LogP contribution in [0.25, 0.3) is 0 Å². The highest BCUT2D eigenvalue weighted by Gasteiger charge is 2.23. The first kappa shape index (κ1) is 17.1. The van der Waals surface area contributed by atoms with Crippen molar-refractivity contribution in [3.05, 3.63) is 30.0 Å². The SMILES string of the molecule is CCn1c(SCC(=O)NCc2ccco2)nnc1C1CCCCC1. The molecular formula is C17H24N4O2S. The number of rotatable bonds is 7. The molecule has 0 aromatic carbocycles. The van der Waals surface area contributed by atoms with E-state index in [-0.39, 0.29) is 5.91 Å². The van der Waals surface area contributed by atoms with Gasteiger partial charge in [-0.1, -0.05) is 31.0 Å². The van der Waals surface area contributed by atoms with Gasteiger partial charge in [0, 0.05) is 12.5 Å². The molecule has 0 bridgehead atoms. The van der Waals surface area contributed by atoms with E-state index in [0.717, 1.165) is 23.3 Å². The third-order valence-electron chi connectivity index (χ3n) is 4.40. The highest BCUT2D eigenvalue weighted by Crippen LogP contribution is 2.33. The van der Waals surface area contributed by atoms with Crippen LogP contribution in [0.4, 0.5) is 0 Å². The van der Waals surface area contributed by atoms with Crippen LogP contribution in [-0.4, -0.2) is 26.4 Å². The van der Waals surface area contributed by atoms with E-state index in [0.29, 0.717) is 18.2 Å². The molecule has 130 valence electrons. The van der Waals surface area contributed by atoms with Gasteiger partial charge in [-0.15, -0.1) is 10.2 Å². The van der Waals surface area contributed by atoms with Crippen molar-refractivity contribution < 1.29 is 9.21 Å². The molecule has 1 N–H and O–H groups in total. The Morgan fingerprint density at radius 2 is 2.21 bits per heavy atom. The molecule has 7 heteroatoms. The fourth-order valence-corrected chi connectivity index (χ4v) is 3.99. The van der Waals surface area contributed by atoms with E-state index in [1.165, 1.54) is 43.9 Å². The quantitative estimate of drug-likeness (QED) is 0.777. The van der Waals surface area contributed by atoms with Crippen LogP contribution in [0.1, 0.15) is 56.5 Å². The number of amides is 1. The Balaban J connectivity index is 1.54. The third-order valence-corrected chi connectivity index (χ3v) is 5.37. The molecular weight excluding hydrogens is 324 g/mol. The van der Waals surface area contributed by atoms with Crippen LogP contribution >= 0.6 is 11.8 Å². The molecule has 0 aliphatic heterocycles. The van der Waals surface area contributed by atoms with E-state index < -0.39 is 0 Å². The second-order valence-corrected chi connectivity index (χ2v) is 7.01. The van der Waals surface area contributed by atoms with Crippen LogP contribution in [0.2, 0.25) is 0 Å². The predicted octanol–water partition coefficient (Wildman–Crippen LogP) is 3.35. The van der Waals surface area contributed by atoms with E-state index in [9.17, 15) is 4.79 Å². The van der Waals surface area contributed by atoms with Crippen LogP contribution in [0.5, 0.6) is 0 Å². The molecule has 0 saturated heterocycles. The van der Waals surface area contributed by atoms with Gasteiger partial charge in [0.25, 0.3) is 0 Å². The molecule has 0 unspecified atom stereocenters. The van der Waals surface area contributed by atoms with E-state index in [1.807, 2.05) is 12.1 Å². The lowest BCUT2D eigenvalue weighted by Crippen LogP contribution is -2.24. The average molecular weight is 348 g/mol. The lowest BCUT2D eigenvalue weighted by atomic mass is 9.89. The normalized spacial score (nSPS) is 15.5. The van der Waals surface area contributed by atoms with E-state index in [2.05, 4.69) is 27.0 Å². The molecule has 2 aromatic heterocycles. The fourth-order valence-electron chi connectivity index (χ4n) is 3.15. The monoisotopic (exact) mass is 348 g/mol. The van der Waals surface area contributed by atoms with Gasteiger partial charge in [0.2, 0.25) is 5.91 Å². The maximum atomic E-state index is 12.0. The molecule has 2 heterocycles. The molecule has 1 amide bonds. The molecule has 1 fully saturated rings. The average Bonchev–Trinajstić information content (AvgIpc) is 3.28. The number of hydrogen-bond acceptors (Lipinski definition) is 5. The summed E-state index contributed by atoms with van der Waals surface area (Å²) >= 11 is 1.45. The van der Waals surface area contributed by atoms with Crippen molar-refractivity contribution in [1.29, 1.82) is 0 Å². The zero-order valence-electron chi connectivity index (χ0n) is 14.0. The molecule has 1 aliphatic rings. The van der Waals surface area contributed by atoms with Gasteiger partial charge in [-0.3, -0.25) is 4.79 Å². The van der Waals surface area contributed by atoms with Crippen molar-refractivity contribution in [3.8, 4) is 0 Å². The largest absolute Gasteiger partial charge is 0.467 e. The van der Waals surface area contributed by atoms with Crippen molar-refractivity contribution in [3.63, 3.8) is 0 Å². The Labute approximate surface area is 146 Å². The number of hydrogen-bond donors (Lipinski definition) is 1. The number of nitrogens with zero attached hydrogens (tertiary/aromatic N) is 3. The number of carbonyl (C=O) groups excluding carboxylic acids is 1. The Hall–Kier alpha value is -1.76. The molecule has 24 heavy (non-hydrogen) atoms. The number of aromatic nitrogens is 3. The summed E-state index contributed by atoms with van der Waals surface area (Å²) in [6, 6.07) is 3.66. The van der Waals surface area contributed by atoms with Gasteiger partial charge in [-0.25, -0.2) is 0 Å². The van der Waals surface area contributed by atoms with Gasteiger partial charge in [0.05, 0.1) is 18.6 Å². The Morgan fingerprint density at radius 1 is 1.38 bits per heavy atom. The second kappa shape index (κ2) is 8.37. The number of carbonyl (C=O) groups is 1. The molecule has 2 aromatic rings. The van der Waals surface area contributed by atoms with Crippen LogP contribution in [-0.2, 0) is 17.9 Å². The van der Waals surface area contributed by atoms with Crippen LogP contribution in [0.15, 0.2) is 28.0 Å². The molecule has 1 aliphatic carbocycles. The van der Waals surface area contributed by atoms with Gasteiger partial charge < -0.3 is 14.3 Å². The Kier molecular flexibility index (Phi) is 5.96. The van der Waals surface area contributed by atoms with Crippen molar-refractivity contribution in [1.82, 2.24) is 20.1 Å². The van der Waals surface area contributed by atoms with Gasteiger partial charge >= 0.3 is 0 Å². The van der Waals surface area contributed by atoms with Crippen LogP contribution in [0.3, 0.4) is 0 Å². The van der Waals surface area contributed by atoms with Gasteiger partial charge in [0.15, 0.2) is 5.16 Å². The topological polar surface area (TPSA) is 73.0 Å². The highest BCUT2D eigenvalue weighted by molar-refractivity contribution is 7.99. The minimum absolute atomic E-state index is 0.0266. The summed E-state index contributed by atoms with van der Waals surface area (Å²) in [6.45, 7) is 3.37. The first-order valence-electron chi connectivity index (χ1n) is 8.63. The zero-order valence-corrected chi connectivity index (χ0v) is 14.8. The first-order valence-corrected chi connectivity index (χ1v) is 9.61. The standard InChI is InChI=1S/C17H24N4O2S/c1-2-21-16(13-7-4-3-5-8-13)19-20-17(21)24-12-15(22)18-11-14-9-6-10-23-14/h6,9-10,13H,2-5,7-8,11-12H2,1H3,(H,18,22). The first-order chi connectivity index (χ1) is 11.8. The predicted molar refractivity (Wildman–Crippen MR) is 92.8 cm³/mol. The van der Waals surface area contributed by atoms with Crippen molar-refractivity contribution in [2.75, 3.05) is 5.75 Å². The number of furan rings is 1. The van der Waals surface area contributed by atoms with Crippen molar-refractivity contribution >= 4 is 17.7 Å². The molecule has 0 spiro atoms. The maximum absolute atomic E-state index is 12.0. The summed E-state index contributed by atoms with van der Waals surface area (Å²) in [5.41, 5.74) is 0. The van der Waals surface area contributed by atoms with Crippen molar-refractivity contribution in [2.24, 2.45) is 0 Å². The third kappa shape index (κ3) is 4.20. The van der Waals surface area contributed by atoms with E-state index in [1.54, 1.807) is 6.26 Å².